The SMILES string of the molecule is CC1C=CC2=C(C1)C(c1ccccc1)(c1ccccc1)c1cc3cccc(-c4cccc(-c5nc(-c6ccccc6)c6sc7ccccc7c6n5)c4)c3cc12. The molecule has 2 aliphatic carbocycles. The van der Waals surface area contributed by atoms with Gasteiger partial charge in [-0.05, 0) is 91.9 Å². The minimum Gasteiger partial charge on any atom is -0.226 e. The highest BCUT2D eigenvalue weighted by molar-refractivity contribution is 7.26. The molecule has 0 fully saturated rings. The molecule has 0 N–H and O–H groups in total. The molecule has 0 amide bonds. The molecule has 7 aromatic carbocycles. The van der Waals surface area contributed by atoms with Gasteiger partial charge in [-0.2, -0.15) is 0 Å². The second kappa shape index (κ2) is 12.6. The number of nitrogens with zero attached hydrogens (tertiary/aromatic N) is 2. The first kappa shape index (κ1) is 32.0. The molecule has 1 atom stereocenters. The van der Waals surface area contributed by atoms with Crippen molar-refractivity contribution in [1.29, 1.82) is 0 Å². The molecule has 55 heavy (non-hydrogen) atoms. The predicted octanol–water partition coefficient (Wildman–Crippen LogP) is 13.7. The molecular weight excluding hydrogens is 685 g/mol. The standard InChI is InChI=1S/C52H36N2S/c1-33-27-28-41-44-32-43-36(31-46(44)52(45(41)29-33,38-20-7-3-8-21-38)39-22-9-4-10-23-39)18-14-25-40(43)35-17-13-19-37(30-35)51-53-48(34-15-5-2-6-16-34)50-49(54-51)42-24-11-12-26-47(42)55-50/h2-28,30-33H,29H2,1H3. The third-order valence-corrected chi connectivity index (χ3v) is 12.9. The first-order chi connectivity index (χ1) is 27.2. The number of rotatable bonds is 5. The number of fused-ring (bicyclic) bond motifs is 6. The molecule has 0 aliphatic heterocycles. The van der Waals surface area contributed by atoms with Gasteiger partial charge in [0.05, 0.1) is 21.3 Å². The second-order valence-electron chi connectivity index (χ2n) is 15.0. The lowest BCUT2D eigenvalue weighted by atomic mass is 9.64. The normalized spacial score (nSPS) is 15.8. The van der Waals surface area contributed by atoms with Gasteiger partial charge in [0.1, 0.15) is 0 Å². The zero-order valence-corrected chi connectivity index (χ0v) is 31.2. The monoisotopic (exact) mass is 720 g/mol. The van der Waals surface area contributed by atoms with Crippen molar-refractivity contribution in [3.63, 3.8) is 0 Å². The average molecular weight is 721 g/mol. The van der Waals surface area contributed by atoms with Gasteiger partial charge in [-0.1, -0.05) is 165 Å². The van der Waals surface area contributed by atoms with E-state index >= 15 is 0 Å². The maximum Gasteiger partial charge on any atom is 0.160 e. The van der Waals surface area contributed by atoms with Gasteiger partial charge < -0.3 is 0 Å². The largest absolute Gasteiger partial charge is 0.226 e. The Hall–Kier alpha value is -6.42. The first-order valence-corrected chi connectivity index (χ1v) is 19.9. The van der Waals surface area contributed by atoms with Gasteiger partial charge in [-0.3, -0.25) is 0 Å². The van der Waals surface area contributed by atoms with Crippen LogP contribution in [0.3, 0.4) is 0 Å². The lowest BCUT2D eigenvalue weighted by Gasteiger charge is -2.37. The van der Waals surface area contributed by atoms with E-state index in [1.807, 2.05) is 0 Å². The summed E-state index contributed by atoms with van der Waals surface area (Å²) in [6, 6.07) is 61.9. The Balaban J connectivity index is 1.12. The van der Waals surface area contributed by atoms with Crippen LogP contribution in [0.4, 0.5) is 0 Å². The van der Waals surface area contributed by atoms with Crippen molar-refractivity contribution in [3.05, 3.63) is 210 Å². The minimum absolute atomic E-state index is 0.366. The van der Waals surface area contributed by atoms with E-state index in [0.29, 0.717) is 5.92 Å². The minimum atomic E-state index is -0.366. The van der Waals surface area contributed by atoms with Gasteiger partial charge >= 0.3 is 0 Å². The molecule has 3 heteroatoms. The number of allylic oxidation sites excluding steroid dienone is 4. The van der Waals surface area contributed by atoms with Crippen LogP contribution in [0.25, 0.3) is 70.4 Å². The third-order valence-electron chi connectivity index (χ3n) is 11.7. The maximum atomic E-state index is 5.29. The molecule has 2 nitrogen and oxygen atoms in total. The zero-order chi connectivity index (χ0) is 36.5. The van der Waals surface area contributed by atoms with Crippen LogP contribution in [-0.4, -0.2) is 9.97 Å². The second-order valence-corrected chi connectivity index (χ2v) is 16.0. The van der Waals surface area contributed by atoms with E-state index in [2.05, 4.69) is 189 Å². The summed E-state index contributed by atoms with van der Waals surface area (Å²) in [6.07, 6.45) is 5.81. The molecule has 0 saturated carbocycles. The highest BCUT2D eigenvalue weighted by Gasteiger charge is 2.48. The number of aromatic nitrogens is 2. The Labute approximate surface area is 324 Å². The topological polar surface area (TPSA) is 25.8 Å². The van der Waals surface area contributed by atoms with E-state index in [-0.39, 0.29) is 5.41 Å². The fourth-order valence-electron chi connectivity index (χ4n) is 9.28. The zero-order valence-electron chi connectivity index (χ0n) is 30.4. The lowest BCUT2D eigenvalue weighted by Crippen LogP contribution is -2.31. The van der Waals surface area contributed by atoms with Crippen LogP contribution >= 0.6 is 11.3 Å². The van der Waals surface area contributed by atoms with E-state index < -0.39 is 0 Å². The Bertz CT molecular complexity index is 2970. The lowest BCUT2D eigenvalue weighted by molar-refractivity contribution is 0.623. The van der Waals surface area contributed by atoms with Crippen LogP contribution in [0.1, 0.15) is 35.6 Å². The van der Waals surface area contributed by atoms with E-state index in [4.69, 9.17) is 9.97 Å². The first-order valence-electron chi connectivity index (χ1n) is 19.1. The van der Waals surface area contributed by atoms with Crippen molar-refractivity contribution in [2.75, 3.05) is 0 Å². The van der Waals surface area contributed by atoms with Crippen LogP contribution in [0.5, 0.6) is 0 Å². The summed E-state index contributed by atoms with van der Waals surface area (Å²) in [7, 11) is 0. The van der Waals surface area contributed by atoms with Gasteiger partial charge in [0.15, 0.2) is 5.82 Å². The molecule has 260 valence electrons. The highest BCUT2D eigenvalue weighted by Crippen LogP contribution is 2.58. The van der Waals surface area contributed by atoms with E-state index in [1.165, 1.54) is 59.8 Å². The highest BCUT2D eigenvalue weighted by atomic mass is 32.1. The molecule has 0 radical (unpaired) electrons. The number of hydrogen-bond acceptors (Lipinski definition) is 3. The summed E-state index contributed by atoms with van der Waals surface area (Å²) in [4.78, 5) is 10.6. The van der Waals surface area contributed by atoms with E-state index in [0.717, 1.165) is 44.8 Å². The summed E-state index contributed by atoms with van der Waals surface area (Å²) < 4.78 is 2.35. The fraction of sp³-hybridized carbons (Fsp3) is 0.0769. The van der Waals surface area contributed by atoms with Crippen molar-refractivity contribution in [2.24, 2.45) is 5.92 Å². The predicted molar refractivity (Wildman–Crippen MR) is 231 cm³/mol. The van der Waals surface area contributed by atoms with Crippen molar-refractivity contribution in [1.82, 2.24) is 9.97 Å². The van der Waals surface area contributed by atoms with Crippen molar-refractivity contribution >= 4 is 48.0 Å². The van der Waals surface area contributed by atoms with Gasteiger partial charge in [-0.15, -0.1) is 11.3 Å². The van der Waals surface area contributed by atoms with Crippen molar-refractivity contribution in [2.45, 2.75) is 18.8 Å². The summed E-state index contributed by atoms with van der Waals surface area (Å²) in [6.45, 7) is 2.34. The number of benzene rings is 7. The van der Waals surface area contributed by atoms with Crippen LogP contribution in [-0.2, 0) is 5.41 Å². The van der Waals surface area contributed by atoms with Crippen LogP contribution < -0.4 is 0 Å². The number of hydrogen-bond donors (Lipinski definition) is 0. The molecule has 0 spiro atoms. The summed E-state index contributed by atoms with van der Waals surface area (Å²) in [5.74, 6) is 1.20. The van der Waals surface area contributed by atoms with Crippen LogP contribution in [0.15, 0.2) is 188 Å². The fourth-order valence-corrected chi connectivity index (χ4v) is 10.4. The van der Waals surface area contributed by atoms with Gasteiger partial charge in [-0.25, -0.2) is 9.97 Å². The van der Waals surface area contributed by atoms with E-state index in [1.54, 1.807) is 11.3 Å². The maximum absolute atomic E-state index is 5.29. The van der Waals surface area contributed by atoms with E-state index in [9.17, 15) is 0 Å². The molecule has 0 bridgehead atoms. The molecule has 1 unspecified atom stereocenters. The van der Waals surface area contributed by atoms with Gasteiger partial charge in [0.2, 0.25) is 0 Å². The molecule has 2 heterocycles. The Morgan fingerprint density at radius 2 is 1.25 bits per heavy atom. The Morgan fingerprint density at radius 3 is 2.04 bits per heavy atom. The van der Waals surface area contributed by atoms with Crippen LogP contribution in [0.2, 0.25) is 0 Å². The van der Waals surface area contributed by atoms with Crippen LogP contribution in [0, 0.1) is 5.92 Å². The quantitative estimate of drug-likeness (QED) is 0.177. The molecule has 2 aromatic heterocycles. The molecular formula is C52H36N2S. The van der Waals surface area contributed by atoms with Gasteiger partial charge in [0, 0.05) is 21.2 Å². The average Bonchev–Trinajstić information content (AvgIpc) is 3.76. The smallest absolute Gasteiger partial charge is 0.160 e. The molecule has 11 rings (SSSR count). The number of thiophene rings is 1. The summed E-state index contributed by atoms with van der Waals surface area (Å²) in [5.41, 5.74) is 14.3. The third kappa shape index (κ3) is 4.93. The summed E-state index contributed by atoms with van der Waals surface area (Å²) in [5, 5.41) is 3.66. The Kier molecular flexibility index (Phi) is 7.33. The molecule has 0 saturated heterocycles. The summed E-state index contributed by atoms with van der Waals surface area (Å²) >= 11 is 1.77. The Morgan fingerprint density at radius 1 is 0.582 bits per heavy atom. The molecule has 2 aliphatic rings. The van der Waals surface area contributed by atoms with Crippen molar-refractivity contribution in [3.8, 4) is 33.8 Å². The molecule has 9 aromatic rings. The van der Waals surface area contributed by atoms with Crippen molar-refractivity contribution < 1.29 is 0 Å². The van der Waals surface area contributed by atoms with Gasteiger partial charge in [0.25, 0.3) is 0 Å².